The highest BCUT2D eigenvalue weighted by Gasteiger charge is 2.33. The van der Waals surface area contributed by atoms with Crippen LogP contribution in [0, 0.1) is 0 Å². The highest BCUT2D eigenvalue weighted by atomic mass is 32.1. The smallest absolute Gasteiger partial charge is 0.139 e. The van der Waals surface area contributed by atoms with Gasteiger partial charge in [-0.05, 0) is 57.1 Å². The number of rotatable bonds is 3. The van der Waals surface area contributed by atoms with Gasteiger partial charge in [-0.15, -0.1) is 0 Å². The van der Waals surface area contributed by atoms with Crippen LogP contribution in [0.4, 0.5) is 5.82 Å². The van der Waals surface area contributed by atoms with E-state index in [1.54, 1.807) is 0 Å². The lowest BCUT2D eigenvalue weighted by Gasteiger charge is -2.31. The van der Waals surface area contributed by atoms with Crippen molar-refractivity contribution in [1.29, 1.82) is 0 Å². The lowest BCUT2D eigenvalue weighted by molar-refractivity contribution is 0.619. The number of pyridine rings is 1. The van der Waals surface area contributed by atoms with Crippen LogP contribution < -0.4 is 10.6 Å². The normalized spacial score (nSPS) is 25.0. The monoisotopic (exact) mass is 289 g/mol. The van der Waals surface area contributed by atoms with Crippen LogP contribution in [0.15, 0.2) is 6.07 Å². The predicted molar refractivity (Wildman–Crippen MR) is 87.4 cm³/mol. The first kappa shape index (κ1) is 13.8. The molecule has 1 saturated heterocycles. The predicted octanol–water partition coefficient (Wildman–Crippen LogP) is 2.97. The summed E-state index contributed by atoms with van der Waals surface area (Å²) >= 11 is 5.28. The van der Waals surface area contributed by atoms with E-state index in [9.17, 15) is 0 Å². The number of hydrogen-bond acceptors (Lipinski definition) is 3. The fraction of sp³-hybridized carbons (Fsp3) is 0.625. The molecule has 20 heavy (non-hydrogen) atoms. The third-order valence-electron chi connectivity index (χ3n) is 4.80. The molecule has 108 valence electrons. The van der Waals surface area contributed by atoms with Gasteiger partial charge in [0.1, 0.15) is 10.8 Å². The third kappa shape index (κ3) is 2.20. The van der Waals surface area contributed by atoms with E-state index in [2.05, 4.69) is 24.8 Å². The van der Waals surface area contributed by atoms with Gasteiger partial charge in [-0.3, -0.25) is 0 Å². The fourth-order valence-corrected chi connectivity index (χ4v) is 3.84. The number of nitrogens with zero attached hydrogens (tertiary/aromatic N) is 2. The molecule has 0 aromatic carbocycles. The summed E-state index contributed by atoms with van der Waals surface area (Å²) in [6, 6.07) is 3.30. The van der Waals surface area contributed by atoms with Crippen molar-refractivity contribution in [1.82, 2.24) is 4.98 Å². The molecule has 1 aliphatic carbocycles. The molecule has 2 N–H and O–H groups in total. The minimum absolute atomic E-state index is 0.483. The Morgan fingerprint density at radius 3 is 2.95 bits per heavy atom. The number of aromatic nitrogens is 1. The molecule has 3 nitrogen and oxygen atoms in total. The number of nitrogens with two attached hydrogens (primary N) is 1. The van der Waals surface area contributed by atoms with Gasteiger partial charge in [-0.1, -0.05) is 19.1 Å². The molecule has 0 bridgehead atoms. The Bertz CT molecular complexity index is 541. The molecule has 0 radical (unpaired) electrons. The molecular formula is C16H23N3S. The lowest BCUT2D eigenvalue weighted by atomic mass is 10.1. The van der Waals surface area contributed by atoms with E-state index in [-0.39, 0.29) is 0 Å². The van der Waals surface area contributed by atoms with Crippen molar-refractivity contribution >= 4 is 23.0 Å². The standard InChI is InChI=1S/C16H23N3S/c1-3-12-8-7-10(2)19(12)16-13(15(17)20)9-11-5-4-6-14(11)18-16/h9-10,12H,3-8H2,1-2H3,(H2,17,20). The molecular weight excluding hydrogens is 266 g/mol. The maximum Gasteiger partial charge on any atom is 0.139 e. The lowest BCUT2D eigenvalue weighted by Crippen LogP contribution is -2.36. The molecule has 2 unspecified atom stereocenters. The molecule has 3 rings (SSSR count). The minimum atomic E-state index is 0.483. The van der Waals surface area contributed by atoms with E-state index in [0.717, 1.165) is 30.6 Å². The van der Waals surface area contributed by atoms with Crippen molar-refractivity contribution in [3.8, 4) is 0 Å². The highest BCUT2D eigenvalue weighted by Crippen LogP contribution is 2.35. The average molecular weight is 289 g/mol. The van der Waals surface area contributed by atoms with Crippen LogP contribution >= 0.6 is 12.2 Å². The Kier molecular flexibility index (Phi) is 3.67. The van der Waals surface area contributed by atoms with Crippen LogP contribution in [0.1, 0.15) is 56.4 Å². The van der Waals surface area contributed by atoms with Crippen molar-refractivity contribution in [2.45, 2.75) is 64.5 Å². The quantitative estimate of drug-likeness (QED) is 0.869. The van der Waals surface area contributed by atoms with Gasteiger partial charge < -0.3 is 10.6 Å². The van der Waals surface area contributed by atoms with E-state index in [4.69, 9.17) is 22.9 Å². The van der Waals surface area contributed by atoms with Gasteiger partial charge in [0, 0.05) is 17.8 Å². The largest absolute Gasteiger partial charge is 0.389 e. The molecule has 2 aliphatic rings. The Morgan fingerprint density at radius 2 is 2.25 bits per heavy atom. The van der Waals surface area contributed by atoms with E-state index in [1.165, 1.54) is 30.5 Å². The summed E-state index contributed by atoms with van der Waals surface area (Å²) in [5.41, 5.74) is 9.56. The SMILES string of the molecule is CCC1CCC(C)N1c1nc2c(cc1C(N)=S)CCC2. The summed E-state index contributed by atoms with van der Waals surface area (Å²) in [5, 5.41) is 0. The first-order valence-corrected chi connectivity index (χ1v) is 8.13. The van der Waals surface area contributed by atoms with Crippen LogP contribution in [-0.2, 0) is 12.8 Å². The van der Waals surface area contributed by atoms with E-state index >= 15 is 0 Å². The second kappa shape index (κ2) is 5.32. The van der Waals surface area contributed by atoms with Gasteiger partial charge in [-0.2, -0.15) is 0 Å². The minimum Gasteiger partial charge on any atom is -0.389 e. The Labute approximate surface area is 126 Å². The second-order valence-electron chi connectivity index (χ2n) is 6.08. The van der Waals surface area contributed by atoms with Crippen LogP contribution in [0.3, 0.4) is 0 Å². The first-order valence-electron chi connectivity index (χ1n) is 7.72. The van der Waals surface area contributed by atoms with E-state index in [1.807, 2.05) is 0 Å². The summed E-state index contributed by atoms with van der Waals surface area (Å²) in [5.74, 6) is 1.04. The van der Waals surface area contributed by atoms with Gasteiger partial charge in [0.25, 0.3) is 0 Å². The summed E-state index contributed by atoms with van der Waals surface area (Å²) in [6.07, 6.45) is 7.04. The highest BCUT2D eigenvalue weighted by molar-refractivity contribution is 7.80. The summed E-state index contributed by atoms with van der Waals surface area (Å²) in [7, 11) is 0. The van der Waals surface area contributed by atoms with Gasteiger partial charge in [-0.25, -0.2) is 4.98 Å². The van der Waals surface area contributed by atoms with E-state index < -0.39 is 0 Å². The zero-order valence-corrected chi connectivity index (χ0v) is 13.2. The topological polar surface area (TPSA) is 42.2 Å². The van der Waals surface area contributed by atoms with Crippen LogP contribution in [0.5, 0.6) is 0 Å². The average Bonchev–Trinajstić information content (AvgIpc) is 3.02. The molecule has 1 aromatic heterocycles. The van der Waals surface area contributed by atoms with Crippen molar-refractivity contribution in [3.05, 3.63) is 22.9 Å². The number of fused-ring (bicyclic) bond motifs is 1. The molecule has 2 heterocycles. The number of anilines is 1. The molecule has 0 spiro atoms. The number of aryl methyl sites for hydroxylation is 2. The molecule has 4 heteroatoms. The van der Waals surface area contributed by atoms with Gasteiger partial charge in [0.15, 0.2) is 0 Å². The molecule has 1 aliphatic heterocycles. The maximum absolute atomic E-state index is 5.97. The zero-order valence-electron chi connectivity index (χ0n) is 12.4. The molecule has 0 saturated carbocycles. The van der Waals surface area contributed by atoms with Crippen LogP contribution in [0.2, 0.25) is 0 Å². The third-order valence-corrected chi connectivity index (χ3v) is 5.02. The maximum atomic E-state index is 5.97. The van der Waals surface area contributed by atoms with Crippen LogP contribution in [0.25, 0.3) is 0 Å². The van der Waals surface area contributed by atoms with Gasteiger partial charge in [0.05, 0.1) is 5.56 Å². The van der Waals surface area contributed by atoms with Crippen LogP contribution in [-0.4, -0.2) is 22.1 Å². The van der Waals surface area contributed by atoms with Crippen molar-refractivity contribution in [3.63, 3.8) is 0 Å². The molecule has 2 atom stereocenters. The van der Waals surface area contributed by atoms with Crippen molar-refractivity contribution in [2.24, 2.45) is 5.73 Å². The van der Waals surface area contributed by atoms with Crippen molar-refractivity contribution in [2.75, 3.05) is 4.90 Å². The second-order valence-corrected chi connectivity index (χ2v) is 6.52. The Balaban J connectivity index is 2.09. The van der Waals surface area contributed by atoms with Crippen molar-refractivity contribution < 1.29 is 0 Å². The number of hydrogen-bond donors (Lipinski definition) is 1. The molecule has 1 aromatic rings. The van der Waals surface area contributed by atoms with E-state index in [0.29, 0.717) is 17.1 Å². The summed E-state index contributed by atoms with van der Waals surface area (Å²) < 4.78 is 0. The molecule has 1 fully saturated rings. The Hall–Kier alpha value is -1.16. The van der Waals surface area contributed by atoms with Gasteiger partial charge >= 0.3 is 0 Å². The zero-order chi connectivity index (χ0) is 14.3. The molecule has 0 amide bonds. The fourth-order valence-electron chi connectivity index (χ4n) is 3.69. The summed E-state index contributed by atoms with van der Waals surface area (Å²) in [6.45, 7) is 4.54. The number of thiocarbonyl (C=S) groups is 1. The van der Waals surface area contributed by atoms with Gasteiger partial charge in [0.2, 0.25) is 0 Å². The summed E-state index contributed by atoms with van der Waals surface area (Å²) in [4.78, 5) is 7.91. The Morgan fingerprint density at radius 1 is 1.45 bits per heavy atom. The first-order chi connectivity index (χ1) is 9.61.